The quantitative estimate of drug-likeness (QED) is 0.0314. The predicted octanol–water partition coefficient (Wildman–Crippen LogP) is 0.929. The summed E-state index contributed by atoms with van der Waals surface area (Å²) in [5.41, 5.74) is 35.7. The minimum absolute atomic E-state index is 0.0121. The summed E-state index contributed by atoms with van der Waals surface area (Å²) in [6.07, 6.45) is 0. The third kappa shape index (κ3) is 15.2. The van der Waals surface area contributed by atoms with Gasteiger partial charge in [0.15, 0.2) is 0 Å². The second-order valence-electron chi connectivity index (χ2n) is 15.2. The molecule has 7 rings (SSSR count). The van der Waals surface area contributed by atoms with E-state index >= 15 is 0 Å². The Hall–Kier alpha value is -8.08. The number of hydrogen-bond donors (Lipinski definition) is 17. The maximum atomic E-state index is 11.4. The number of rotatable bonds is 9. The number of carbonyl (C=O) groups is 1. The number of aliphatic hydroxyl groups is 1. The van der Waals surface area contributed by atoms with Crippen molar-refractivity contribution in [1.29, 1.82) is 0 Å². The van der Waals surface area contributed by atoms with Gasteiger partial charge in [-0.15, -0.1) is 0 Å². The number of benzene rings is 7. The second-order valence-corrected chi connectivity index (χ2v) is 25.0. The number of carboxylic acids is 1. The van der Waals surface area contributed by atoms with Crippen LogP contribution in [0.4, 0.5) is 45.5 Å². The van der Waals surface area contributed by atoms with Gasteiger partial charge in [-0.2, -0.15) is 58.9 Å². The van der Waals surface area contributed by atoms with E-state index in [0.29, 0.717) is 18.2 Å². The van der Waals surface area contributed by atoms with Crippen LogP contribution in [0.15, 0.2) is 113 Å². The van der Waals surface area contributed by atoms with Crippen molar-refractivity contribution >= 4 is 155 Å². The van der Waals surface area contributed by atoms with Gasteiger partial charge in [0.2, 0.25) is 0 Å². The molecule has 0 radical (unpaired) electrons. The number of fused-ring (bicyclic) bond motifs is 3. The number of nitro benzene ring substituents is 1. The van der Waals surface area contributed by atoms with Crippen molar-refractivity contribution in [2.24, 2.45) is 0 Å². The maximum Gasteiger partial charge on any atom is 0.338 e. The van der Waals surface area contributed by atoms with E-state index in [1.54, 1.807) is 0 Å². The number of nitrogens with two attached hydrogens (primary N) is 7. The standard InChI is InChI=1S/C10H11N3O6S2.C10H10N2O7S2.C10H9NO9S3.C7H6N2O4.CH4O/c11-6-1-5-4(2-9(6)21(17,18)19)8(20(14,15)16)3-7(12)10(5)13;11-6-2-1-4-5(10(6)21(17,18)19)3-7(20(14,15)16)8(12)9(4)13;11-8-4-7-5(2-10(8)23(18,19)20)1-6(21(12,13)14)3-9(7)22(15,16)17;8-6-2-1-4(9(12)13)3-5(6)7(10)11;1-2/h1-3H,11-13H2,(H,14,15,16)(H,17,18,19);1-3,13H,11-12H2,(H,14,15,16)(H,17,18,19);1-4H,11H2,(H,12,13,14)(H,15,16,17)(H,18,19,20);1-3H,8H2,(H,10,11);2H,1H3. The predicted molar refractivity (Wildman–Crippen MR) is 281 cm³/mol. The summed E-state index contributed by atoms with van der Waals surface area (Å²) >= 11 is 0. The Morgan fingerprint density at radius 1 is 0.425 bits per heavy atom. The molecule has 0 fully saturated rings. The Kier molecular flexibility index (Phi) is 19.3. The van der Waals surface area contributed by atoms with E-state index in [9.17, 15) is 92.6 Å². The van der Waals surface area contributed by atoms with Gasteiger partial charge in [-0.1, -0.05) is 0 Å². The Bertz CT molecular complexity index is 4570. The van der Waals surface area contributed by atoms with Gasteiger partial charge in [0.1, 0.15) is 35.1 Å². The van der Waals surface area contributed by atoms with E-state index in [-0.39, 0.29) is 66.6 Å². The van der Waals surface area contributed by atoms with Crippen LogP contribution in [0.2, 0.25) is 0 Å². The minimum Gasteiger partial charge on any atom is -0.505 e. The highest BCUT2D eigenvalue weighted by molar-refractivity contribution is 7.88. The van der Waals surface area contributed by atoms with Crippen LogP contribution in [-0.4, -0.2) is 124 Å². The zero-order valence-electron chi connectivity index (χ0n) is 39.3. The van der Waals surface area contributed by atoms with E-state index < -0.39 is 138 Å². The number of nitro groups is 1. The molecule has 0 spiro atoms. The van der Waals surface area contributed by atoms with Crippen molar-refractivity contribution in [2.45, 2.75) is 34.3 Å². The zero-order chi connectivity index (χ0) is 62.1. The molecule has 0 bridgehead atoms. The van der Waals surface area contributed by atoms with Gasteiger partial charge < -0.3 is 55.5 Å². The summed E-state index contributed by atoms with van der Waals surface area (Å²) in [6, 6.07) is 11.8. The Labute approximate surface area is 449 Å². The Balaban J connectivity index is 0.000000282. The van der Waals surface area contributed by atoms with Gasteiger partial charge >= 0.3 is 5.97 Å². The molecule has 35 nitrogen and oxygen atoms in total. The smallest absolute Gasteiger partial charge is 0.338 e. The molecule has 0 aliphatic heterocycles. The first-order chi connectivity index (χ1) is 36.1. The molecule has 80 heavy (non-hydrogen) atoms. The number of nitrogen functional groups attached to an aromatic ring is 7. The van der Waals surface area contributed by atoms with Gasteiger partial charge in [-0.3, -0.25) is 42.0 Å². The number of nitrogens with zero attached hydrogens (tertiary/aromatic N) is 1. The molecule has 7 aromatic rings. The van der Waals surface area contributed by atoms with Crippen molar-refractivity contribution in [3.05, 3.63) is 94.5 Å². The number of aromatic hydroxyl groups is 1. The number of anilines is 7. The molecule has 0 aliphatic rings. The molecule has 0 aliphatic carbocycles. The fourth-order valence-electron chi connectivity index (χ4n) is 6.63. The summed E-state index contributed by atoms with van der Waals surface area (Å²) < 4.78 is 222. The van der Waals surface area contributed by atoms with Crippen LogP contribution in [0.1, 0.15) is 10.4 Å². The molecule has 436 valence electrons. The lowest BCUT2D eigenvalue weighted by Crippen LogP contribution is -2.07. The largest absolute Gasteiger partial charge is 0.505 e. The molecule has 0 aromatic heterocycles. The van der Waals surface area contributed by atoms with Crippen LogP contribution in [0.5, 0.6) is 5.75 Å². The van der Waals surface area contributed by atoms with Gasteiger partial charge in [-0.25, -0.2) is 4.79 Å². The third-order valence-electron chi connectivity index (χ3n) is 10.0. The van der Waals surface area contributed by atoms with Crippen molar-refractivity contribution in [2.75, 3.05) is 47.2 Å². The van der Waals surface area contributed by atoms with Crippen molar-refractivity contribution in [1.82, 2.24) is 0 Å². The fourth-order valence-corrected chi connectivity index (χ4v) is 11.4. The number of carboxylic acid groups (broad SMARTS) is 1. The number of aromatic carboxylic acids is 1. The van der Waals surface area contributed by atoms with E-state index in [4.69, 9.17) is 68.6 Å². The average molecular weight is 1270 g/mol. The SMILES string of the molecule is CO.Nc1cc2c(N)c(N)cc(S(=O)(=O)O)c2cc1S(=O)(=O)O.Nc1cc2c(S(=O)(=O)O)cc(S(=O)(=O)O)cc2cc1S(=O)(=O)O.Nc1ccc([N+](=O)[O-])cc1C(=O)O.Nc1ccc2c(O)c(N)c(S(=O)(=O)O)cc2c1S(=O)(=O)O. The lowest BCUT2D eigenvalue weighted by Gasteiger charge is -2.12. The first-order valence-corrected chi connectivity index (χ1v) is 29.8. The highest BCUT2D eigenvalue weighted by atomic mass is 32.2. The van der Waals surface area contributed by atoms with E-state index in [1.165, 1.54) is 12.1 Å². The molecule has 7 aromatic carbocycles. The number of non-ortho nitro benzene ring substituents is 1. The van der Waals surface area contributed by atoms with E-state index in [1.807, 2.05) is 0 Å². The van der Waals surface area contributed by atoms with Crippen LogP contribution in [0.3, 0.4) is 0 Å². The fraction of sp³-hybridized carbons (Fsp3) is 0.0263. The highest BCUT2D eigenvalue weighted by Crippen LogP contribution is 2.41. The van der Waals surface area contributed by atoms with E-state index in [2.05, 4.69) is 0 Å². The molecule has 24 N–H and O–H groups in total. The zero-order valence-corrected chi connectivity index (χ0v) is 45.0. The highest BCUT2D eigenvalue weighted by Gasteiger charge is 2.27. The molecule has 42 heteroatoms. The number of phenolic OH excluding ortho intramolecular Hbond substituents is 1. The monoisotopic (exact) mass is 1260 g/mol. The first kappa shape index (κ1) is 66.2. The Morgan fingerprint density at radius 3 is 1.30 bits per heavy atom. The molecule has 0 amide bonds. The first-order valence-electron chi connectivity index (χ1n) is 19.8. The number of aliphatic hydroxyl groups excluding tert-OH is 1. The van der Waals surface area contributed by atoms with Gasteiger partial charge in [0.25, 0.3) is 76.5 Å². The molecular weight excluding hydrogens is 1220 g/mol. The summed E-state index contributed by atoms with van der Waals surface area (Å²) in [4.78, 5) is 14.4. The molecule has 0 heterocycles. The van der Waals surface area contributed by atoms with Crippen LogP contribution in [0.25, 0.3) is 32.3 Å². The minimum atomic E-state index is -4.92. The normalized spacial score (nSPS) is 12.1. The van der Waals surface area contributed by atoms with Crippen molar-refractivity contribution in [3.63, 3.8) is 0 Å². The molecule has 0 saturated carbocycles. The molecule has 0 unspecified atom stereocenters. The van der Waals surface area contributed by atoms with Gasteiger partial charge in [-0.05, 0) is 72.1 Å². The summed E-state index contributed by atoms with van der Waals surface area (Å²) in [5.74, 6) is -2.04. The topological polar surface area (TPSA) is 684 Å². The van der Waals surface area contributed by atoms with E-state index in [0.717, 1.165) is 55.6 Å². The Morgan fingerprint density at radius 2 is 0.863 bits per heavy atom. The molecule has 0 atom stereocenters. The third-order valence-corrected chi connectivity index (χ3v) is 16.3. The molecule has 0 saturated heterocycles. The summed E-state index contributed by atoms with van der Waals surface area (Å²) in [7, 11) is -32.6. The lowest BCUT2D eigenvalue weighted by atomic mass is 10.1. The van der Waals surface area contributed by atoms with Crippen molar-refractivity contribution < 1.29 is 116 Å². The maximum absolute atomic E-state index is 11.4. The summed E-state index contributed by atoms with van der Waals surface area (Å²) in [5, 5.41) is 34.3. The number of hydrogen-bond acceptors (Lipinski definition) is 26. The van der Waals surface area contributed by atoms with Crippen LogP contribution < -0.4 is 40.1 Å². The van der Waals surface area contributed by atoms with Gasteiger partial charge in [0.05, 0.1) is 49.5 Å². The van der Waals surface area contributed by atoms with Crippen molar-refractivity contribution in [3.8, 4) is 5.75 Å². The lowest BCUT2D eigenvalue weighted by molar-refractivity contribution is -0.384. The van der Waals surface area contributed by atoms with Crippen LogP contribution in [0, 0.1) is 10.1 Å². The molecular formula is C38H40N8O27S7. The second kappa shape index (κ2) is 23.3. The van der Waals surface area contributed by atoms with Gasteiger partial charge in [0, 0.05) is 51.9 Å². The van der Waals surface area contributed by atoms with Crippen LogP contribution in [-0.2, 0) is 70.8 Å². The number of phenols is 1. The van der Waals surface area contributed by atoms with Crippen LogP contribution >= 0.6 is 0 Å². The average Bonchev–Trinajstić information content (AvgIpc) is 3.29. The summed E-state index contributed by atoms with van der Waals surface area (Å²) in [6.45, 7) is 0.